The zero-order valence-corrected chi connectivity index (χ0v) is 13.2. The van der Waals surface area contributed by atoms with Crippen molar-refractivity contribution in [3.05, 3.63) is 37.7 Å². The topological polar surface area (TPSA) is 25.8 Å². The fourth-order valence-corrected chi connectivity index (χ4v) is 4.09. The first kappa shape index (κ1) is 13.1. The van der Waals surface area contributed by atoms with Crippen LogP contribution in [0.2, 0.25) is 0 Å². The van der Waals surface area contributed by atoms with Crippen LogP contribution in [0.1, 0.15) is 21.8 Å². The monoisotopic (exact) mass is 328 g/mol. The lowest BCUT2D eigenvalue weighted by Gasteiger charge is -2.06. The molecule has 0 spiro atoms. The summed E-state index contributed by atoms with van der Waals surface area (Å²) in [6.45, 7) is 6.14. The largest absolute Gasteiger partial charge is 0.228 e. The van der Waals surface area contributed by atoms with Gasteiger partial charge in [-0.1, -0.05) is 11.8 Å². The van der Waals surface area contributed by atoms with Crippen molar-refractivity contribution >= 4 is 39.0 Å². The summed E-state index contributed by atoms with van der Waals surface area (Å²) in [4.78, 5) is 10.3. The van der Waals surface area contributed by atoms with Crippen molar-refractivity contribution in [2.45, 2.75) is 31.7 Å². The molecule has 0 aliphatic heterocycles. The molecule has 2 rings (SSSR count). The highest BCUT2D eigenvalue weighted by Crippen LogP contribution is 2.29. The molecular weight excluding hydrogens is 316 g/mol. The Balaban J connectivity index is 2.12. The van der Waals surface area contributed by atoms with Crippen LogP contribution >= 0.6 is 39.0 Å². The quantitative estimate of drug-likeness (QED) is 0.612. The van der Waals surface area contributed by atoms with Crippen LogP contribution in [0, 0.1) is 20.8 Å². The zero-order chi connectivity index (χ0) is 12.4. The standard InChI is InChI=1S/C12H13BrN2S2/c1-7-8(2)14-12(15-9(7)3)17-6-11-10(13)4-5-16-11/h4-5H,6H2,1-3H3. The van der Waals surface area contributed by atoms with Crippen molar-refractivity contribution in [1.82, 2.24) is 9.97 Å². The van der Waals surface area contributed by atoms with Crippen LogP contribution < -0.4 is 0 Å². The molecule has 0 unspecified atom stereocenters. The number of aryl methyl sites for hydroxylation is 2. The number of hydrogen-bond acceptors (Lipinski definition) is 4. The molecule has 0 aliphatic rings. The summed E-state index contributed by atoms with van der Waals surface area (Å²) in [7, 11) is 0. The van der Waals surface area contributed by atoms with Crippen molar-refractivity contribution in [2.24, 2.45) is 0 Å². The van der Waals surface area contributed by atoms with Crippen LogP contribution in [-0.2, 0) is 5.75 Å². The second kappa shape index (κ2) is 5.50. The van der Waals surface area contributed by atoms with Gasteiger partial charge in [-0.3, -0.25) is 0 Å². The maximum Gasteiger partial charge on any atom is 0.188 e. The van der Waals surface area contributed by atoms with E-state index in [-0.39, 0.29) is 0 Å². The Labute approximate surface area is 118 Å². The van der Waals surface area contributed by atoms with Gasteiger partial charge in [-0.15, -0.1) is 11.3 Å². The van der Waals surface area contributed by atoms with Crippen LogP contribution in [0.25, 0.3) is 0 Å². The molecule has 17 heavy (non-hydrogen) atoms. The number of rotatable bonds is 3. The minimum Gasteiger partial charge on any atom is -0.228 e. The summed E-state index contributed by atoms with van der Waals surface area (Å²) in [5, 5.41) is 2.96. The molecule has 2 nitrogen and oxygen atoms in total. The molecule has 0 amide bonds. The minimum absolute atomic E-state index is 0.867. The van der Waals surface area contributed by atoms with Crippen molar-refractivity contribution in [3.8, 4) is 0 Å². The third kappa shape index (κ3) is 3.09. The highest BCUT2D eigenvalue weighted by atomic mass is 79.9. The van der Waals surface area contributed by atoms with Gasteiger partial charge in [-0.05, 0) is 53.7 Å². The highest BCUT2D eigenvalue weighted by molar-refractivity contribution is 9.10. The van der Waals surface area contributed by atoms with E-state index in [4.69, 9.17) is 0 Å². The lowest BCUT2D eigenvalue weighted by molar-refractivity contribution is 0.881. The molecule has 0 fully saturated rings. The van der Waals surface area contributed by atoms with Crippen LogP contribution in [-0.4, -0.2) is 9.97 Å². The fraction of sp³-hybridized carbons (Fsp3) is 0.333. The molecule has 0 bridgehead atoms. The first-order valence-corrected chi connectivity index (χ1v) is 7.90. The third-order valence-corrected chi connectivity index (χ3v) is 5.62. The van der Waals surface area contributed by atoms with E-state index in [2.05, 4.69) is 44.3 Å². The van der Waals surface area contributed by atoms with E-state index >= 15 is 0 Å². The predicted molar refractivity (Wildman–Crippen MR) is 77.8 cm³/mol. The Morgan fingerprint density at radius 3 is 2.41 bits per heavy atom. The average Bonchev–Trinajstić information content (AvgIpc) is 2.69. The molecule has 0 radical (unpaired) electrons. The van der Waals surface area contributed by atoms with Gasteiger partial charge in [0.1, 0.15) is 0 Å². The summed E-state index contributed by atoms with van der Waals surface area (Å²) < 4.78 is 1.18. The summed E-state index contributed by atoms with van der Waals surface area (Å²) in [5.41, 5.74) is 3.34. The van der Waals surface area contributed by atoms with Crippen molar-refractivity contribution in [1.29, 1.82) is 0 Å². The number of halogens is 1. The molecule has 0 saturated carbocycles. The lowest BCUT2D eigenvalue weighted by atomic mass is 10.2. The van der Waals surface area contributed by atoms with Gasteiger partial charge in [0.2, 0.25) is 0 Å². The Bertz CT molecular complexity index is 514. The molecule has 5 heteroatoms. The van der Waals surface area contributed by atoms with Gasteiger partial charge in [0, 0.05) is 26.5 Å². The maximum absolute atomic E-state index is 4.50. The molecule has 0 N–H and O–H groups in total. The minimum atomic E-state index is 0.867. The molecular formula is C12H13BrN2S2. The Kier molecular flexibility index (Phi) is 4.22. The number of thioether (sulfide) groups is 1. The van der Waals surface area contributed by atoms with Gasteiger partial charge >= 0.3 is 0 Å². The first-order chi connectivity index (χ1) is 8.08. The van der Waals surface area contributed by atoms with Crippen molar-refractivity contribution < 1.29 is 0 Å². The number of aromatic nitrogens is 2. The SMILES string of the molecule is Cc1nc(SCc2sccc2Br)nc(C)c1C. The first-order valence-electron chi connectivity index (χ1n) is 5.24. The van der Waals surface area contributed by atoms with E-state index in [1.165, 1.54) is 14.9 Å². The molecule has 2 aromatic heterocycles. The number of hydrogen-bond donors (Lipinski definition) is 0. The van der Waals surface area contributed by atoms with E-state index in [1.54, 1.807) is 23.1 Å². The molecule has 2 aromatic rings. The second-order valence-electron chi connectivity index (χ2n) is 3.78. The summed E-state index contributed by atoms with van der Waals surface area (Å²) >= 11 is 6.98. The van der Waals surface area contributed by atoms with Crippen LogP contribution in [0.4, 0.5) is 0 Å². The molecule has 0 saturated heterocycles. The molecule has 90 valence electrons. The second-order valence-corrected chi connectivity index (χ2v) is 6.58. The van der Waals surface area contributed by atoms with E-state index in [0.29, 0.717) is 0 Å². The molecule has 0 atom stereocenters. The number of nitrogens with zero attached hydrogens (tertiary/aromatic N) is 2. The molecule has 2 heterocycles. The molecule has 0 aliphatic carbocycles. The van der Waals surface area contributed by atoms with Crippen molar-refractivity contribution in [2.75, 3.05) is 0 Å². The Morgan fingerprint density at radius 1 is 1.24 bits per heavy atom. The van der Waals surface area contributed by atoms with Crippen LogP contribution in [0.15, 0.2) is 21.1 Å². The Hall–Kier alpha value is -0.390. The lowest BCUT2D eigenvalue weighted by Crippen LogP contribution is -1.98. The zero-order valence-electron chi connectivity index (χ0n) is 9.95. The van der Waals surface area contributed by atoms with Gasteiger partial charge in [0.15, 0.2) is 5.16 Å². The summed E-state index contributed by atoms with van der Waals surface area (Å²) in [6.07, 6.45) is 0. The van der Waals surface area contributed by atoms with E-state index in [9.17, 15) is 0 Å². The van der Waals surface area contributed by atoms with Gasteiger partial charge in [-0.25, -0.2) is 9.97 Å². The predicted octanol–water partition coefficient (Wildman–Crippen LogP) is 4.52. The molecule has 0 aromatic carbocycles. The number of thiophene rings is 1. The van der Waals surface area contributed by atoms with Gasteiger partial charge < -0.3 is 0 Å². The highest BCUT2D eigenvalue weighted by Gasteiger charge is 2.07. The Morgan fingerprint density at radius 2 is 1.88 bits per heavy atom. The summed E-state index contributed by atoms with van der Waals surface area (Å²) in [6, 6.07) is 2.08. The smallest absolute Gasteiger partial charge is 0.188 e. The normalized spacial score (nSPS) is 10.8. The van der Waals surface area contributed by atoms with Gasteiger partial charge in [0.25, 0.3) is 0 Å². The maximum atomic E-state index is 4.50. The van der Waals surface area contributed by atoms with E-state index in [1.807, 2.05) is 13.8 Å². The van der Waals surface area contributed by atoms with Crippen LogP contribution in [0.5, 0.6) is 0 Å². The van der Waals surface area contributed by atoms with E-state index in [0.717, 1.165) is 22.3 Å². The van der Waals surface area contributed by atoms with Crippen LogP contribution in [0.3, 0.4) is 0 Å². The average molecular weight is 329 g/mol. The van der Waals surface area contributed by atoms with Crippen molar-refractivity contribution in [3.63, 3.8) is 0 Å². The third-order valence-electron chi connectivity index (χ3n) is 2.64. The summed E-state index contributed by atoms with van der Waals surface area (Å²) in [5.74, 6) is 0.917. The fourth-order valence-electron chi connectivity index (χ4n) is 1.36. The van der Waals surface area contributed by atoms with E-state index < -0.39 is 0 Å². The van der Waals surface area contributed by atoms with Gasteiger partial charge in [0.05, 0.1) is 0 Å². The van der Waals surface area contributed by atoms with Gasteiger partial charge in [-0.2, -0.15) is 0 Å².